The number of thiol groups is 1. The van der Waals surface area contributed by atoms with Crippen molar-refractivity contribution in [2.45, 2.75) is 45.1 Å². The summed E-state index contributed by atoms with van der Waals surface area (Å²) in [7, 11) is 1.37. The van der Waals surface area contributed by atoms with Gasteiger partial charge in [0.05, 0.1) is 19.1 Å². The van der Waals surface area contributed by atoms with Gasteiger partial charge in [-0.3, -0.25) is 0 Å². The normalized spacial score (nSPS) is 11.9. The summed E-state index contributed by atoms with van der Waals surface area (Å²) in [6.45, 7) is 10.9. The average molecular weight is 373 g/mol. The molecule has 0 bridgehead atoms. The Kier molecular flexibility index (Phi) is 8.51. The Morgan fingerprint density at radius 3 is 2.28 bits per heavy atom. The van der Waals surface area contributed by atoms with Gasteiger partial charge in [-0.25, -0.2) is 4.79 Å². The summed E-state index contributed by atoms with van der Waals surface area (Å²) in [5.74, 6) is 0.558. The van der Waals surface area contributed by atoms with Crippen LogP contribution in [0.2, 0.25) is 0 Å². The largest absolute Gasteiger partial charge is 0.444 e. The number of carbonyl (C=O) groups is 1. The topological polar surface area (TPSA) is 78.0 Å². The highest BCUT2D eigenvalue weighted by Gasteiger charge is 2.23. The summed E-state index contributed by atoms with van der Waals surface area (Å²) in [5.41, 5.74) is -0.603. The predicted molar refractivity (Wildman–Crippen MR) is 98.2 cm³/mol. The van der Waals surface area contributed by atoms with E-state index in [9.17, 15) is 4.79 Å². The van der Waals surface area contributed by atoms with Crippen LogP contribution in [0, 0.1) is 5.41 Å². The highest BCUT2D eigenvalue weighted by molar-refractivity contribution is 7.76. The quantitative estimate of drug-likeness (QED) is 0.300. The molecule has 0 radical (unpaired) electrons. The summed E-state index contributed by atoms with van der Waals surface area (Å²) in [6.07, 6.45) is -0.396. The van der Waals surface area contributed by atoms with Gasteiger partial charge in [-0.05, 0) is 55.5 Å². The molecule has 7 nitrogen and oxygen atoms in total. The van der Waals surface area contributed by atoms with E-state index in [1.165, 1.54) is 7.11 Å². The van der Waals surface area contributed by atoms with E-state index in [0.717, 1.165) is 23.4 Å². The van der Waals surface area contributed by atoms with Gasteiger partial charge in [0.25, 0.3) is 0 Å². The lowest BCUT2D eigenvalue weighted by Gasteiger charge is -2.25. The van der Waals surface area contributed by atoms with Crippen molar-refractivity contribution in [2.75, 3.05) is 20.2 Å². The minimum Gasteiger partial charge on any atom is -0.444 e. The molecule has 142 valence electrons. The molecule has 0 aliphatic heterocycles. The van der Waals surface area contributed by atoms with Crippen LogP contribution >= 0.6 is 0 Å². The molecule has 8 heteroatoms. The number of benzene rings is 1. The third-order valence-corrected chi connectivity index (χ3v) is 3.78. The first kappa shape index (κ1) is 21.6. The van der Waals surface area contributed by atoms with Gasteiger partial charge < -0.3 is 14.9 Å². The zero-order chi connectivity index (χ0) is 18.9. The standard InChI is InChI=1S/C17H28N2O5S/c1-16(2,3)22-15(20)18-11-17(4,5)12-19-25-14-9-7-13(8-10-14)23-24-21-6/h7-10,19H,11-12H2,1-6H3,(H,18,20)/p+1. The SMILES string of the molecule is COOOc1ccc([SH+]NCC(C)(C)CNC(=O)OC(C)(C)C)cc1. The Balaban J connectivity index is 2.32. The van der Waals surface area contributed by atoms with Gasteiger partial charge in [-0.15, -0.1) is 4.72 Å². The van der Waals surface area contributed by atoms with Gasteiger partial charge >= 0.3 is 6.09 Å². The maximum absolute atomic E-state index is 11.7. The van der Waals surface area contributed by atoms with Crippen molar-refractivity contribution < 1.29 is 24.3 Å². The zero-order valence-electron chi connectivity index (χ0n) is 15.7. The van der Waals surface area contributed by atoms with Gasteiger partial charge in [-0.1, -0.05) is 13.8 Å². The molecule has 1 aromatic rings. The second kappa shape index (κ2) is 9.86. The lowest BCUT2D eigenvalue weighted by atomic mass is 9.94. The lowest BCUT2D eigenvalue weighted by Crippen LogP contribution is -2.42. The number of nitrogens with one attached hydrogen (secondary N) is 2. The second-order valence-electron chi connectivity index (χ2n) is 7.28. The maximum Gasteiger partial charge on any atom is 0.407 e. The molecule has 0 unspecified atom stereocenters. The van der Waals surface area contributed by atoms with Gasteiger partial charge in [0.1, 0.15) is 5.60 Å². The van der Waals surface area contributed by atoms with E-state index in [4.69, 9.17) is 9.62 Å². The molecule has 0 aromatic heterocycles. The Labute approximate surface area is 153 Å². The fourth-order valence-electron chi connectivity index (χ4n) is 1.68. The first-order valence-electron chi connectivity index (χ1n) is 7.99. The third-order valence-electron chi connectivity index (χ3n) is 2.91. The Morgan fingerprint density at radius 2 is 1.72 bits per heavy atom. The Morgan fingerprint density at radius 1 is 1.08 bits per heavy atom. The molecule has 1 aromatic carbocycles. The number of hydrogen-bond donors (Lipinski definition) is 2. The van der Waals surface area contributed by atoms with Crippen molar-refractivity contribution in [2.24, 2.45) is 5.41 Å². The Hall–Kier alpha value is -1.48. The third kappa shape index (κ3) is 10.2. The summed E-state index contributed by atoms with van der Waals surface area (Å²) >= 11 is 0.974. The summed E-state index contributed by atoms with van der Waals surface area (Å²) in [5, 5.41) is 7.21. The van der Waals surface area contributed by atoms with Gasteiger partial charge in [0.15, 0.2) is 10.6 Å². The van der Waals surface area contributed by atoms with Crippen molar-refractivity contribution in [3.05, 3.63) is 24.3 Å². The number of alkyl carbamates (subject to hydrolysis) is 1. The van der Waals surface area contributed by atoms with Crippen LogP contribution in [0.25, 0.3) is 0 Å². The molecule has 1 amide bonds. The minimum absolute atomic E-state index is 0.112. The van der Waals surface area contributed by atoms with E-state index >= 15 is 0 Å². The van der Waals surface area contributed by atoms with Crippen LogP contribution in [-0.4, -0.2) is 31.9 Å². The Bertz CT molecular complexity index is 529. The average Bonchev–Trinajstić information content (AvgIpc) is 2.51. The summed E-state index contributed by atoms with van der Waals surface area (Å²) in [4.78, 5) is 22.0. The fourth-order valence-corrected chi connectivity index (χ4v) is 2.67. The van der Waals surface area contributed by atoms with Crippen molar-refractivity contribution >= 4 is 18.0 Å². The fraction of sp³-hybridized carbons (Fsp3) is 0.588. The lowest BCUT2D eigenvalue weighted by molar-refractivity contribution is -0.453. The molecule has 2 N–H and O–H groups in total. The number of carbonyl (C=O) groups excluding carboxylic acids is 1. The van der Waals surface area contributed by atoms with Crippen LogP contribution in [0.3, 0.4) is 0 Å². The molecular formula is C17H29N2O5S+. The first-order chi connectivity index (χ1) is 11.6. The van der Waals surface area contributed by atoms with Crippen LogP contribution in [0.5, 0.6) is 5.75 Å². The van der Waals surface area contributed by atoms with E-state index in [0.29, 0.717) is 12.3 Å². The highest BCUT2D eigenvalue weighted by Crippen LogP contribution is 2.15. The molecule has 25 heavy (non-hydrogen) atoms. The number of rotatable bonds is 9. The number of hydrogen-bond acceptors (Lipinski definition) is 6. The van der Waals surface area contributed by atoms with E-state index in [1.54, 1.807) is 12.1 Å². The van der Waals surface area contributed by atoms with Crippen molar-refractivity contribution in [1.82, 2.24) is 10.0 Å². The molecule has 0 heterocycles. The van der Waals surface area contributed by atoms with E-state index in [2.05, 4.69) is 33.8 Å². The first-order valence-corrected chi connectivity index (χ1v) is 8.89. The zero-order valence-corrected chi connectivity index (χ0v) is 16.6. The predicted octanol–water partition coefficient (Wildman–Crippen LogP) is 2.79. The molecule has 0 aliphatic rings. The van der Waals surface area contributed by atoms with Gasteiger partial charge in [-0.2, -0.15) is 4.89 Å². The maximum atomic E-state index is 11.7. The smallest absolute Gasteiger partial charge is 0.407 e. The van der Waals surface area contributed by atoms with Crippen LogP contribution in [0.15, 0.2) is 29.2 Å². The molecule has 1 rings (SSSR count). The molecule has 0 aliphatic carbocycles. The van der Waals surface area contributed by atoms with Crippen LogP contribution < -0.4 is 14.9 Å². The number of ether oxygens (including phenoxy) is 1. The van der Waals surface area contributed by atoms with Crippen LogP contribution in [0.1, 0.15) is 34.6 Å². The van der Waals surface area contributed by atoms with Crippen molar-refractivity contribution in [1.29, 1.82) is 0 Å². The van der Waals surface area contributed by atoms with Crippen molar-refractivity contribution in [3.63, 3.8) is 0 Å². The molecule has 0 fully saturated rings. The van der Waals surface area contributed by atoms with Gasteiger partial charge in [0.2, 0.25) is 0 Å². The highest BCUT2D eigenvalue weighted by atomic mass is 32.2. The monoisotopic (exact) mass is 373 g/mol. The van der Waals surface area contributed by atoms with Crippen molar-refractivity contribution in [3.8, 4) is 5.75 Å². The second-order valence-corrected chi connectivity index (χ2v) is 8.33. The molecule has 0 saturated heterocycles. The van der Waals surface area contributed by atoms with Crippen LogP contribution in [-0.2, 0) is 26.6 Å². The summed E-state index contributed by atoms with van der Waals surface area (Å²) in [6, 6.07) is 7.43. The summed E-state index contributed by atoms with van der Waals surface area (Å²) < 4.78 is 8.60. The molecule has 0 saturated carbocycles. The molecule has 0 spiro atoms. The van der Waals surface area contributed by atoms with E-state index in [1.807, 2.05) is 32.9 Å². The van der Waals surface area contributed by atoms with E-state index < -0.39 is 11.7 Å². The molecule has 0 atom stereocenters. The van der Waals surface area contributed by atoms with Gasteiger partial charge in [0, 0.05) is 13.1 Å². The van der Waals surface area contributed by atoms with Crippen LogP contribution in [0.4, 0.5) is 4.79 Å². The number of amides is 1. The molecular weight excluding hydrogens is 344 g/mol. The van der Waals surface area contributed by atoms with E-state index in [-0.39, 0.29) is 5.41 Å². The minimum atomic E-state index is -0.491.